The zero-order valence-electron chi connectivity index (χ0n) is 17.8. The number of rotatable bonds is 4. The number of anilines is 2. The monoisotopic (exact) mass is 477 g/mol. The first-order valence-electron chi connectivity index (χ1n) is 9.42. The Labute approximate surface area is 182 Å². The fourth-order valence-electron chi connectivity index (χ4n) is 2.15. The van der Waals surface area contributed by atoms with Gasteiger partial charge >= 0.3 is 0 Å². The summed E-state index contributed by atoms with van der Waals surface area (Å²) in [6, 6.07) is 14.2. The van der Waals surface area contributed by atoms with E-state index in [0.717, 1.165) is 21.6 Å². The van der Waals surface area contributed by atoms with Crippen LogP contribution in [-0.2, 0) is 7.05 Å². The van der Waals surface area contributed by atoms with Crippen LogP contribution in [0.1, 0.15) is 20.8 Å². The Balaban J connectivity index is 0.000000360. The fourth-order valence-corrected chi connectivity index (χ4v) is 3.56. The van der Waals surface area contributed by atoms with Gasteiger partial charge in [0, 0.05) is 24.6 Å². The average molecular weight is 478 g/mol. The minimum absolute atomic E-state index is 0.179. The van der Waals surface area contributed by atoms with Crippen LogP contribution >= 0.6 is 15.9 Å². The van der Waals surface area contributed by atoms with Crippen molar-refractivity contribution in [3.63, 3.8) is 0 Å². The number of halogens is 2. The molecule has 0 fully saturated rings. The van der Waals surface area contributed by atoms with E-state index >= 15 is 0 Å². The van der Waals surface area contributed by atoms with Crippen LogP contribution in [0.4, 0.5) is 15.8 Å². The zero-order chi connectivity index (χ0) is 21.7. The molecule has 0 aliphatic carbocycles. The van der Waals surface area contributed by atoms with Gasteiger partial charge in [-0.25, -0.2) is 4.39 Å². The lowest BCUT2D eigenvalue weighted by molar-refractivity contribution is 0.492. The number of nitrogens with zero attached hydrogens (tertiary/aromatic N) is 2. The number of hydrogen-bond donors (Lipinski definition) is 1. The van der Waals surface area contributed by atoms with E-state index in [1.165, 1.54) is 12.1 Å². The van der Waals surface area contributed by atoms with Gasteiger partial charge in [-0.05, 0) is 82.6 Å². The SMILES string of the molecule is CC(C)(C)[Si](C)(C)Oc1ccc(Nc2ccc(F)cc2)cc1.Cn1cc(Br)cn1. The highest BCUT2D eigenvalue weighted by Gasteiger charge is 2.38. The van der Waals surface area contributed by atoms with Gasteiger partial charge in [0.2, 0.25) is 8.32 Å². The smallest absolute Gasteiger partial charge is 0.250 e. The summed E-state index contributed by atoms with van der Waals surface area (Å²) in [6.07, 6.45) is 3.64. The Kier molecular flexibility index (Phi) is 7.65. The van der Waals surface area contributed by atoms with Crippen molar-refractivity contribution in [1.29, 1.82) is 0 Å². The van der Waals surface area contributed by atoms with E-state index in [0.29, 0.717) is 0 Å². The van der Waals surface area contributed by atoms with Crippen LogP contribution in [0.5, 0.6) is 5.75 Å². The van der Waals surface area contributed by atoms with Gasteiger partial charge in [0.25, 0.3) is 0 Å². The summed E-state index contributed by atoms with van der Waals surface area (Å²) in [5, 5.41) is 7.31. The van der Waals surface area contributed by atoms with E-state index < -0.39 is 8.32 Å². The first-order chi connectivity index (χ1) is 13.5. The highest BCUT2D eigenvalue weighted by atomic mass is 79.9. The van der Waals surface area contributed by atoms with Crippen molar-refractivity contribution in [2.45, 2.75) is 38.9 Å². The molecule has 0 spiro atoms. The van der Waals surface area contributed by atoms with Crippen LogP contribution in [0, 0.1) is 5.82 Å². The second-order valence-corrected chi connectivity index (χ2v) is 14.0. The third-order valence-corrected chi connectivity index (χ3v) is 9.61. The molecule has 7 heteroatoms. The summed E-state index contributed by atoms with van der Waals surface area (Å²) in [5.74, 6) is 0.667. The van der Waals surface area contributed by atoms with Crippen molar-refractivity contribution >= 4 is 35.6 Å². The van der Waals surface area contributed by atoms with E-state index in [1.807, 2.05) is 37.5 Å². The maximum Gasteiger partial charge on any atom is 0.250 e. The Morgan fingerprint density at radius 3 is 1.90 bits per heavy atom. The first kappa shape index (κ1) is 23.2. The van der Waals surface area contributed by atoms with Crippen molar-refractivity contribution < 1.29 is 8.82 Å². The molecule has 0 bridgehead atoms. The maximum atomic E-state index is 12.9. The minimum atomic E-state index is -1.81. The Morgan fingerprint density at radius 2 is 1.52 bits per heavy atom. The van der Waals surface area contributed by atoms with Gasteiger partial charge in [0.1, 0.15) is 11.6 Å². The van der Waals surface area contributed by atoms with E-state index in [1.54, 1.807) is 23.0 Å². The summed E-state index contributed by atoms with van der Waals surface area (Å²) in [4.78, 5) is 0. The molecule has 0 aliphatic heterocycles. The molecular weight excluding hydrogens is 449 g/mol. The number of aromatic nitrogens is 2. The normalized spacial score (nSPS) is 11.4. The van der Waals surface area contributed by atoms with Crippen molar-refractivity contribution in [2.24, 2.45) is 7.05 Å². The zero-order valence-corrected chi connectivity index (χ0v) is 20.4. The van der Waals surface area contributed by atoms with Crippen molar-refractivity contribution in [1.82, 2.24) is 9.78 Å². The van der Waals surface area contributed by atoms with Crippen molar-refractivity contribution in [2.75, 3.05) is 5.32 Å². The molecule has 0 radical (unpaired) electrons. The molecule has 1 aromatic heterocycles. The molecule has 4 nitrogen and oxygen atoms in total. The van der Waals surface area contributed by atoms with Gasteiger partial charge in [-0.3, -0.25) is 4.68 Å². The number of benzene rings is 2. The third kappa shape index (κ3) is 7.33. The van der Waals surface area contributed by atoms with E-state index in [9.17, 15) is 4.39 Å². The number of nitrogens with one attached hydrogen (secondary N) is 1. The summed E-state index contributed by atoms with van der Waals surface area (Å²) >= 11 is 3.25. The Morgan fingerprint density at radius 1 is 1.00 bits per heavy atom. The second kappa shape index (κ2) is 9.58. The molecule has 29 heavy (non-hydrogen) atoms. The van der Waals surface area contributed by atoms with Gasteiger partial charge in [0.05, 0.1) is 10.7 Å². The van der Waals surface area contributed by atoms with Gasteiger partial charge in [0.15, 0.2) is 0 Å². The molecule has 0 aliphatic rings. The highest BCUT2D eigenvalue weighted by molar-refractivity contribution is 9.10. The molecule has 2 aromatic carbocycles. The second-order valence-electron chi connectivity index (χ2n) is 8.35. The molecule has 3 rings (SSSR count). The lowest BCUT2D eigenvalue weighted by atomic mass is 10.2. The van der Waals surface area contributed by atoms with E-state index in [2.05, 4.69) is 60.2 Å². The number of aryl methyl sites for hydroxylation is 1. The molecular formula is C22H29BrFN3OSi. The van der Waals surface area contributed by atoms with E-state index in [4.69, 9.17) is 4.43 Å². The molecule has 156 valence electrons. The van der Waals surface area contributed by atoms with Crippen LogP contribution in [0.25, 0.3) is 0 Å². The first-order valence-corrected chi connectivity index (χ1v) is 13.1. The average Bonchev–Trinajstić information content (AvgIpc) is 3.01. The van der Waals surface area contributed by atoms with Gasteiger partial charge < -0.3 is 9.74 Å². The molecule has 0 saturated heterocycles. The Bertz CT molecular complexity index is 887. The predicted molar refractivity (Wildman–Crippen MR) is 125 cm³/mol. The van der Waals surface area contributed by atoms with Crippen molar-refractivity contribution in [3.8, 4) is 5.75 Å². The minimum Gasteiger partial charge on any atom is -0.544 e. The number of hydrogen-bond acceptors (Lipinski definition) is 3. The molecule has 0 unspecified atom stereocenters. The standard InChI is InChI=1S/C18H24FNOSi.C4H5BrN2/c1-18(2,3)22(4,5)21-17-12-10-16(11-13-17)20-15-8-6-14(19)7-9-15;1-7-3-4(5)2-6-7/h6-13,20H,1-5H3;2-3H,1H3. The lowest BCUT2D eigenvalue weighted by Gasteiger charge is -2.36. The van der Waals surface area contributed by atoms with Crippen LogP contribution in [0.3, 0.4) is 0 Å². The summed E-state index contributed by atoms with van der Waals surface area (Å²) in [6.45, 7) is 11.1. The molecule has 0 atom stereocenters. The topological polar surface area (TPSA) is 39.1 Å². The van der Waals surface area contributed by atoms with Crippen LogP contribution in [0.15, 0.2) is 65.4 Å². The maximum absolute atomic E-state index is 12.9. The molecule has 3 aromatic rings. The van der Waals surface area contributed by atoms with Crippen LogP contribution in [0.2, 0.25) is 18.1 Å². The third-order valence-electron chi connectivity index (χ3n) is 4.84. The summed E-state index contributed by atoms with van der Waals surface area (Å²) in [7, 11) is 0.0741. The van der Waals surface area contributed by atoms with Crippen LogP contribution < -0.4 is 9.74 Å². The van der Waals surface area contributed by atoms with Gasteiger partial charge in [-0.1, -0.05) is 20.8 Å². The summed E-state index contributed by atoms with van der Waals surface area (Å²) < 4.78 is 21.9. The molecule has 0 amide bonds. The van der Waals surface area contributed by atoms with Crippen molar-refractivity contribution in [3.05, 3.63) is 71.2 Å². The fraction of sp³-hybridized carbons (Fsp3) is 0.318. The molecule has 0 saturated carbocycles. The summed E-state index contributed by atoms with van der Waals surface area (Å²) in [5.41, 5.74) is 1.81. The van der Waals surface area contributed by atoms with Gasteiger partial charge in [-0.15, -0.1) is 0 Å². The molecule has 1 N–H and O–H groups in total. The quantitative estimate of drug-likeness (QED) is 0.405. The highest BCUT2D eigenvalue weighted by Crippen LogP contribution is 2.37. The lowest BCUT2D eigenvalue weighted by Crippen LogP contribution is -2.43. The molecule has 1 heterocycles. The van der Waals surface area contributed by atoms with E-state index in [-0.39, 0.29) is 10.9 Å². The van der Waals surface area contributed by atoms with Crippen LogP contribution in [-0.4, -0.2) is 18.1 Å². The predicted octanol–water partition coefficient (Wildman–Crippen LogP) is 7.14. The Hall–Kier alpha value is -2.12. The largest absolute Gasteiger partial charge is 0.544 e. The van der Waals surface area contributed by atoms with Gasteiger partial charge in [-0.2, -0.15) is 5.10 Å².